The van der Waals surface area contributed by atoms with E-state index in [0.717, 1.165) is 13.0 Å². The van der Waals surface area contributed by atoms with Gasteiger partial charge in [0.2, 0.25) is 5.91 Å². The molecule has 0 bridgehead atoms. The van der Waals surface area contributed by atoms with Gasteiger partial charge in [-0.3, -0.25) is 4.79 Å². The van der Waals surface area contributed by atoms with Crippen LogP contribution in [0, 0.1) is 5.82 Å². The second-order valence-electron chi connectivity index (χ2n) is 3.35. The van der Waals surface area contributed by atoms with E-state index in [2.05, 4.69) is 26.6 Å². The maximum atomic E-state index is 12.9. The van der Waals surface area contributed by atoms with Gasteiger partial charge in [-0.2, -0.15) is 0 Å². The molecule has 0 fully saturated rings. The molecule has 0 spiro atoms. The summed E-state index contributed by atoms with van der Waals surface area (Å²) in [6, 6.07) is 4.37. The molecule has 3 nitrogen and oxygen atoms in total. The summed E-state index contributed by atoms with van der Waals surface area (Å²) in [5.41, 5.74) is 0.580. The number of rotatable bonds is 5. The van der Waals surface area contributed by atoms with Crippen LogP contribution in [0.15, 0.2) is 22.7 Å². The molecule has 0 unspecified atom stereocenters. The van der Waals surface area contributed by atoms with Crippen molar-refractivity contribution < 1.29 is 9.18 Å². The SMILES string of the molecule is CCCNCC(=O)Nc1ccc(F)c(Br)c1. The lowest BCUT2D eigenvalue weighted by molar-refractivity contribution is -0.115. The molecule has 0 aliphatic heterocycles. The first kappa shape index (κ1) is 13.1. The second kappa shape index (κ2) is 6.60. The van der Waals surface area contributed by atoms with Gasteiger partial charge in [-0.05, 0) is 47.1 Å². The highest BCUT2D eigenvalue weighted by Crippen LogP contribution is 2.19. The van der Waals surface area contributed by atoms with E-state index in [0.29, 0.717) is 10.2 Å². The molecule has 0 aliphatic carbocycles. The molecule has 0 atom stereocenters. The predicted molar refractivity (Wildman–Crippen MR) is 65.9 cm³/mol. The summed E-state index contributed by atoms with van der Waals surface area (Å²) in [6.45, 7) is 3.10. The fourth-order valence-electron chi connectivity index (χ4n) is 1.16. The number of amides is 1. The van der Waals surface area contributed by atoms with Gasteiger partial charge < -0.3 is 10.6 Å². The van der Waals surface area contributed by atoms with Crippen LogP contribution in [-0.2, 0) is 4.79 Å². The molecule has 0 heterocycles. The Morgan fingerprint density at radius 2 is 2.25 bits per heavy atom. The fourth-order valence-corrected chi connectivity index (χ4v) is 1.54. The summed E-state index contributed by atoms with van der Waals surface area (Å²) in [6.07, 6.45) is 0.982. The average molecular weight is 289 g/mol. The predicted octanol–water partition coefficient (Wildman–Crippen LogP) is 2.53. The molecule has 0 aliphatic rings. The Balaban J connectivity index is 2.46. The standard InChI is InChI=1S/C11H14BrFN2O/c1-2-5-14-7-11(16)15-8-3-4-10(13)9(12)6-8/h3-4,6,14H,2,5,7H2,1H3,(H,15,16). The molecule has 0 radical (unpaired) electrons. The molecule has 0 aromatic heterocycles. The molecule has 0 saturated heterocycles. The van der Waals surface area contributed by atoms with Gasteiger partial charge in [0.25, 0.3) is 0 Å². The molecular formula is C11H14BrFN2O. The Hall–Kier alpha value is -0.940. The van der Waals surface area contributed by atoms with E-state index in [4.69, 9.17) is 0 Å². The third kappa shape index (κ3) is 4.28. The second-order valence-corrected chi connectivity index (χ2v) is 4.21. The highest BCUT2D eigenvalue weighted by molar-refractivity contribution is 9.10. The smallest absolute Gasteiger partial charge is 0.238 e. The van der Waals surface area contributed by atoms with Crippen molar-refractivity contribution in [2.45, 2.75) is 13.3 Å². The van der Waals surface area contributed by atoms with Gasteiger partial charge in [-0.15, -0.1) is 0 Å². The lowest BCUT2D eigenvalue weighted by atomic mass is 10.3. The van der Waals surface area contributed by atoms with Crippen LogP contribution in [-0.4, -0.2) is 19.0 Å². The highest BCUT2D eigenvalue weighted by Gasteiger charge is 2.04. The molecular weight excluding hydrogens is 275 g/mol. The van der Waals surface area contributed by atoms with E-state index in [9.17, 15) is 9.18 Å². The normalized spacial score (nSPS) is 10.2. The number of carbonyl (C=O) groups is 1. The molecule has 1 rings (SSSR count). The third-order valence-corrected chi connectivity index (χ3v) is 2.52. The first-order chi connectivity index (χ1) is 7.63. The van der Waals surface area contributed by atoms with Gasteiger partial charge in [-0.1, -0.05) is 6.92 Å². The van der Waals surface area contributed by atoms with E-state index < -0.39 is 0 Å². The topological polar surface area (TPSA) is 41.1 Å². The number of hydrogen-bond donors (Lipinski definition) is 2. The van der Waals surface area contributed by atoms with E-state index in [-0.39, 0.29) is 18.3 Å². The van der Waals surface area contributed by atoms with Gasteiger partial charge in [-0.25, -0.2) is 4.39 Å². The van der Waals surface area contributed by atoms with E-state index >= 15 is 0 Å². The van der Waals surface area contributed by atoms with Crippen LogP contribution in [0.25, 0.3) is 0 Å². The first-order valence-electron chi connectivity index (χ1n) is 5.09. The van der Waals surface area contributed by atoms with E-state index in [1.165, 1.54) is 18.2 Å². The van der Waals surface area contributed by atoms with Crippen molar-refractivity contribution >= 4 is 27.5 Å². The summed E-state index contributed by atoms with van der Waals surface area (Å²) in [7, 11) is 0. The summed E-state index contributed by atoms with van der Waals surface area (Å²) >= 11 is 3.06. The Morgan fingerprint density at radius 1 is 1.50 bits per heavy atom. The molecule has 1 aromatic carbocycles. The number of halogens is 2. The summed E-state index contributed by atoms with van der Waals surface area (Å²) < 4.78 is 13.3. The van der Waals surface area contributed by atoms with Crippen molar-refractivity contribution in [2.75, 3.05) is 18.4 Å². The molecule has 1 aromatic rings. The quantitative estimate of drug-likeness (QED) is 0.818. The number of anilines is 1. The summed E-state index contributed by atoms with van der Waals surface area (Å²) in [4.78, 5) is 11.4. The van der Waals surface area contributed by atoms with Crippen LogP contribution >= 0.6 is 15.9 Å². The third-order valence-electron chi connectivity index (χ3n) is 1.92. The molecule has 88 valence electrons. The van der Waals surface area contributed by atoms with Crippen LogP contribution in [0.5, 0.6) is 0 Å². The lowest BCUT2D eigenvalue weighted by Gasteiger charge is -2.06. The number of benzene rings is 1. The minimum atomic E-state index is -0.345. The molecule has 5 heteroatoms. The largest absolute Gasteiger partial charge is 0.325 e. The van der Waals surface area contributed by atoms with Crippen LogP contribution in [0.1, 0.15) is 13.3 Å². The molecule has 0 saturated carbocycles. The number of nitrogens with one attached hydrogen (secondary N) is 2. The zero-order chi connectivity index (χ0) is 12.0. The maximum Gasteiger partial charge on any atom is 0.238 e. The minimum Gasteiger partial charge on any atom is -0.325 e. The zero-order valence-electron chi connectivity index (χ0n) is 9.02. The Labute approximate surface area is 103 Å². The van der Waals surface area contributed by atoms with Crippen molar-refractivity contribution in [3.8, 4) is 0 Å². The zero-order valence-corrected chi connectivity index (χ0v) is 10.6. The maximum absolute atomic E-state index is 12.9. The number of carbonyl (C=O) groups excluding carboxylic acids is 1. The Bertz CT molecular complexity index is 371. The number of hydrogen-bond acceptors (Lipinski definition) is 2. The van der Waals surface area contributed by atoms with E-state index in [1.54, 1.807) is 0 Å². The van der Waals surface area contributed by atoms with Crippen molar-refractivity contribution in [1.29, 1.82) is 0 Å². The Kier molecular flexibility index (Phi) is 5.42. The van der Waals surface area contributed by atoms with Crippen LogP contribution < -0.4 is 10.6 Å². The summed E-state index contributed by atoms with van der Waals surface area (Å²) in [5.74, 6) is -0.478. The van der Waals surface area contributed by atoms with Crippen LogP contribution in [0.2, 0.25) is 0 Å². The van der Waals surface area contributed by atoms with Crippen molar-refractivity contribution in [2.24, 2.45) is 0 Å². The lowest BCUT2D eigenvalue weighted by Crippen LogP contribution is -2.28. The van der Waals surface area contributed by atoms with Gasteiger partial charge in [0.1, 0.15) is 5.82 Å². The van der Waals surface area contributed by atoms with Gasteiger partial charge in [0.15, 0.2) is 0 Å². The average Bonchev–Trinajstić information content (AvgIpc) is 2.24. The van der Waals surface area contributed by atoms with Crippen molar-refractivity contribution in [3.63, 3.8) is 0 Å². The van der Waals surface area contributed by atoms with Gasteiger partial charge >= 0.3 is 0 Å². The van der Waals surface area contributed by atoms with Crippen molar-refractivity contribution in [3.05, 3.63) is 28.5 Å². The molecule has 16 heavy (non-hydrogen) atoms. The highest BCUT2D eigenvalue weighted by atomic mass is 79.9. The van der Waals surface area contributed by atoms with Crippen molar-refractivity contribution in [1.82, 2.24) is 5.32 Å². The van der Waals surface area contributed by atoms with Crippen LogP contribution in [0.4, 0.5) is 10.1 Å². The minimum absolute atomic E-state index is 0.132. The van der Waals surface area contributed by atoms with Gasteiger partial charge in [0.05, 0.1) is 11.0 Å². The summed E-state index contributed by atoms with van der Waals surface area (Å²) in [5, 5.41) is 5.65. The first-order valence-corrected chi connectivity index (χ1v) is 5.88. The fraction of sp³-hybridized carbons (Fsp3) is 0.364. The molecule has 2 N–H and O–H groups in total. The van der Waals surface area contributed by atoms with Gasteiger partial charge in [0, 0.05) is 5.69 Å². The monoisotopic (exact) mass is 288 g/mol. The van der Waals surface area contributed by atoms with E-state index in [1.807, 2.05) is 6.92 Å². The molecule has 1 amide bonds. The Morgan fingerprint density at radius 3 is 2.88 bits per heavy atom. The van der Waals surface area contributed by atoms with Crippen LogP contribution in [0.3, 0.4) is 0 Å².